The molecule has 1 saturated heterocycles. The molecule has 2 atom stereocenters. The van der Waals surface area contributed by atoms with Gasteiger partial charge in [-0.1, -0.05) is 11.6 Å². The minimum absolute atomic E-state index is 0.0353. The highest BCUT2D eigenvalue weighted by atomic mass is 35.5. The largest absolute Gasteiger partial charge is 0.353 e. The number of carbonyl (C=O) groups is 1. The summed E-state index contributed by atoms with van der Waals surface area (Å²) in [5, 5.41) is 7.97. The number of hydrogen-bond donors (Lipinski definition) is 2. The summed E-state index contributed by atoms with van der Waals surface area (Å²) in [4.78, 5) is 14.1. The molecule has 1 aromatic rings. The van der Waals surface area contributed by atoms with Gasteiger partial charge >= 0.3 is 0 Å². The fourth-order valence-electron chi connectivity index (χ4n) is 2.64. The Labute approximate surface area is 124 Å². The number of halogens is 1. The van der Waals surface area contributed by atoms with Crippen molar-refractivity contribution in [3.63, 3.8) is 0 Å². The summed E-state index contributed by atoms with van der Waals surface area (Å²) in [6.45, 7) is 5.72. The normalized spacial score (nSPS) is 23.2. The van der Waals surface area contributed by atoms with Crippen LogP contribution in [0, 0.1) is 13.8 Å². The van der Waals surface area contributed by atoms with Gasteiger partial charge in [0, 0.05) is 19.1 Å². The van der Waals surface area contributed by atoms with Gasteiger partial charge in [-0.05, 0) is 27.3 Å². The van der Waals surface area contributed by atoms with Gasteiger partial charge in [0.15, 0.2) is 0 Å². The number of aromatic nitrogens is 2. The van der Waals surface area contributed by atoms with E-state index in [1.165, 1.54) is 0 Å². The lowest BCUT2D eigenvalue weighted by Crippen LogP contribution is -2.42. The number of nitrogens with one attached hydrogen (secondary N) is 1. The molecule has 0 bridgehead atoms. The van der Waals surface area contributed by atoms with Gasteiger partial charge in [0.1, 0.15) is 0 Å². The monoisotopic (exact) mass is 299 g/mol. The maximum Gasteiger partial charge on any atom is 0.237 e. The zero-order valence-corrected chi connectivity index (χ0v) is 12.9. The number of rotatable bonds is 4. The summed E-state index contributed by atoms with van der Waals surface area (Å²) in [6, 6.07) is -0.0281. The molecule has 0 radical (unpaired) electrons. The highest BCUT2D eigenvalue weighted by molar-refractivity contribution is 6.31. The predicted octanol–water partition coefficient (Wildman–Crippen LogP) is 0.301. The van der Waals surface area contributed by atoms with Crippen molar-refractivity contribution in [2.24, 2.45) is 5.73 Å². The lowest BCUT2D eigenvalue weighted by molar-refractivity contribution is -0.125. The number of likely N-dealkylation sites (tertiary alicyclic amines) is 1. The number of carbonyl (C=O) groups excluding carboxylic acids is 1. The van der Waals surface area contributed by atoms with Gasteiger partial charge in [-0.25, -0.2) is 0 Å². The molecule has 1 amide bonds. The van der Waals surface area contributed by atoms with Gasteiger partial charge in [0.2, 0.25) is 5.91 Å². The third kappa shape index (κ3) is 3.13. The van der Waals surface area contributed by atoms with E-state index in [0.717, 1.165) is 17.9 Å². The average Bonchev–Trinajstić information content (AvgIpc) is 2.84. The third-order valence-electron chi connectivity index (χ3n) is 3.80. The molecule has 3 N–H and O–H groups in total. The molecule has 1 aliphatic rings. The minimum atomic E-state index is -0.117. The van der Waals surface area contributed by atoms with E-state index < -0.39 is 0 Å². The maximum atomic E-state index is 12.1. The number of aryl methyl sites for hydroxylation is 1. The first-order valence-electron chi connectivity index (χ1n) is 6.83. The second-order valence-electron chi connectivity index (χ2n) is 5.45. The Morgan fingerprint density at radius 2 is 2.25 bits per heavy atom. The molecule has 0 unspecified atom stereocenters. The second kappa shape index (κ2) is 6.11. The van der Waals surface area contributed by atoms with Crippen molar-refractivity contribution in [2.75, 3.05) is 20.1 Å². The molecule has 1 aliphatic heterocycles. The van der Waals surface area contributed by atoms with Gasteiger partial charge in [0.25, 0.3) is 0 Å². The van der Waals surface area contributed by atoms with Crippen LogP contribution in [0.2, 0.25) is 5.02 Å². The van der Waals surface area contributed by atoms with Crippen molar-refractivity contribution in [3.05, 3.63) is 16.4 Å². The molecular weight excluding hydrogens is 278 g/mol. The Morgan fingerprint density at radius 1 is 1.55 bits per heavy atom. The Kier molecular flexibility index (Phi) is 4.67. The third-order valence-corrected chi connectivity index (χ3v) is 4.35. The number of nitrogens with two attached hydrogens (primary N) is 1. The fraction of sp³-hybridized carbons (Fsp3) is 0.692. The predicted molar refractivity (Wildman–Crippen MR) is 78.7 cm³/mol. The first kappa shape index (κ1) is 15.3. The van der Waals surface area contributed by atoms with E-state index in [4.69, 9.17) is 17.3 Å². The smallest absolute Gasteiger partial charge is 0.237 e. The first-order valence-corrected chi connectivity index (χ1v) is 7.21. The molecule has 1 fully saturated rings. The molecule has 0 aromatic carbocycles. The molecule has 112 valence electrons. The van der Waals surface area contributed by atoms with E-state index in [9.17, 15) is 4.79 Å². The molecular formula is C13H22ClN5O. The lowest BCUT2D eigenvalue weighted by Gasteiger charge is -2.18. The van der Waals surface area contributed by atoms with Crippen LogP contribution in [-0.4, -0.2) is 52.8 Å². The summed E-state index contributed by atoms with van der Waals surface area (Å²) in [6.07, 6.45) is 0.716. The number of hydrogen-bond acceptors (Lipinski definition) is 4. The summed E-state index contributed by atoms with van der Waals surface area (Å²) in [5.74, 6) is 0.0353. The highest BCUT2D eigenvalue weighted by Crippen LogP contribution is 2.18. The van der Waals surface area contributed by atoms with Crippen molar-refractivity contribution in [1.82, 2.24) is 20.0 Å². The summed E-state index contributed by atoms with van der Waals surface area (Å²) in [5.41, 5.74) is 7.61. The van der Waals surface area contributed by atoms with Crippen molar-refractivity contribution in [2.45, 2.75) is 38.9 Å². The van der Waals surface area contributed by atoms with E-state index in [1.807, 2.05) is 30.5 Å². The Hall–Kier alpha value is -1.11. The number of amides is 1. The molecule has 0 spiro atoms. The van der Waals surface area contributed by atoms with Gasteiger partial charge in [-0.2, -0.15) is 5.10 Å². The van der Waals surface area contributed by atoms with Gasteiger partial charge in [-0.3, -0.25) is 14.4 Å². The van der Waals surface area contributed by atoms with E-state index in [0.29, 0.717) is 24.5 Å². The van der Waals surface area contributed by atoms with E-state index in [-0.39, 0.29) is 18.0 Å². The maximum absolute atomic E-state index is 12.1. The van der Waals surface area contributed by atoms with Crippen LogP contribution in [0.15, 0.2) is 0 Å². The fourth-order valence-corrected chi connectivity index (χ4v) is 2.78. The molecule has 6 nitrogen and oxygen atoms in total. The topological polar surface area (TPSA) is 76.2 Å². The second-order valence-corrected chi connectivity index (χ2v) is 5.83. The number of likely N-dealkylation sites (N-methyl/N-ethyl adjacent to an activating group) is 1. The molecule has 20 heavy (non-hydrogen) atoms. The van der Waals surface area contributed by atoms with Crippen molar-refractivity contribution in [3.8, 4) is 0 Å². The van der Waals surface area contributed by atoms with Crippen LogP contribution in [0.25, 0.3) is 0 Å². The quantitative estimate of drug-likeness (QED) is 0.838. The molecule has 2 rings (SSSR count). The van der Waals surface area contributed by atoms with Crippen LogP contribution in [0.1, 0.15) is 17.8 Å². The van der Waals surface area contributed by atoms with Gasteiger partial charge < -0.3 is 11.1 Å². The van der Waals surface area contributed by atoms with Crippen LogP contribution in [-0.2, 0) is 11.3 Å². The average molecular weight is 300 g/mol. The molecule has 0 saturated carbocycles. The Balaban J connectivity index is 1.84. The summed E-state index contributed by atoms with van der Waals surface area (Å²) in [7, 11) is 1.93. The van der Waals surface area contributed by atoms with Crippen LogP contribution in [0.4, 0.5) is 0 Å². The molecule has 7 heteroatoms. The lowest BCUT2D eigenvalue weighted by atomic mass is 10.1. The van der Waals surface area contributed by atoms with E-state index >= 15 is 0 Å². The van der Waals surface area contributed by atoms with Gasteiger partial charge in [0.05, 0.1) is 29.0 Å². The van der Waals surface area contributed by atoms with E-state index in [2.05, 4.69) is 10.4 Å². The molecule has 0 aliphatic carbocycles. The van der Waals surface area contributed by atoms with E-state index in [1.54, 1.807) is 0 Å². The van der Waals surface area contributed by atoms with Crippen LogP contribution in [0.5, 0.6) is 0 Å². The summed E-state index contributed by atoms with van der Waals surface area (Å²) >= 11 is 6.09. The zero-order valence-electron chi connectivity index (χ0n) is 12.2. The van der Waals surface area contributed by atoms with Crippen molar-refractivity contribution < 1.29 is 4.79 Å². The SMILES string of the molecule is Cc1nn(CCNC(=O)[C@@H]2C[C@H](N)CN2C)c(C)c1Cl. The Bertz CT molecular complexity index is 501. The Morgan fingerprint density at radius 3 is 2.75 bits per heavy atom. The molecule has 2 heterocycles. The van der Waals surface area contributed by atoms with Crippen LogP contribution in [0.3, 0.4) is 0 Å². The first-order chi connectivity index (χ1) is 9.40. The number of nitrogens with zero attached hydrogens (tertiary/aromatic N) is 3. The highest BCUT2D eigenvalue weighted by Gasteiger charge is 2.32. The van der Waals surface area contributed by atoms with Gasteiger partial charge in [-0.15, -0.1) is 0 Å². The zero-order chi connectivity index (χ0) is 14.9. The minimum Gasteiger partial charge on any atom is -0.353 e. The van der Waals surface area contributed by atoms with Crippen molar-refractivity contribution in [1.29, 1.82) is 0 Å². The standard InChI is InChI=1S/C13H22ClN5O/c1-8-12(14)9(2)19(17-8)5-4-16-13(20)11-6-10(15)7-18(11)3/h10-11H,4-7,15H2,1-3H3,(H,16,20)/t10-,11-/m0/s1. The van der Waals surface area contributed by atoms with Crippen molar-refractivity contribution >= 4 is 17.5 Å². The van der Waals surface area contributed by atoms with Crippen LogP contribution >= 0.6 is 11.6 Å². The summed E-state index contributed by atoms with van der Waals surface area (Å²) < 4.78 is 1.82. The molecule has 1 aromatic heterocycles. The van der Waals surface area contributed by atoms with Crippen LogP contribution < -0.4 is 11.1 Å².